The van der Waals surface area contributed by atoms with Gasteiger partial charge in [0.25, 0.3) is 5.91 Å². The van der Waals surface area contributed by atoms with Crippen molar-refractivity contribution < 1.29 is 9.18 Å². The molecule has 1 aliphatic heterocycles. The topological polar surface area (TPSA) is 74.5 Å². The van der Waals surface area contributed by atoms with E-state index in [1.807, 2.05) is 30.3 Å². The SMILES string of the molecule is Nc1nc(Nc2ccccc2)sc1C(=O)N1CCN(c2ccc(F)cc2)CC1. The summed E-state index contributed by atoms with van der Waals surface area (Å²) in [5.74, 6) is -0.109. The standard InChI is InChI=1S/C20H20FN5OS/c21-14-6-8-16(9-7-14)25-10-12-26(13-11-25)19(27)17-18(22)24-20(28-17)23-15-4-2-1-3-5-15/h1-9H,10-13,22H2,(H,23,24). The van der Waals surface area contributed by atoms with E-state index in [1.165, 1.54) is 23.5 Å². The van der Waals surface area contributed by atoms with Crippen LogP contribution < -0.4 is 16.0 Å². The lowest BCUT2D eigenvalue weighted by atomic mass is 10.2. The maximum Gasteiger partial charge on any atom is 0.267 e. The molecule has 1 saturated heterocycles. The van der Waals surface area contributed by atoms with Crippen molar-refractivity contribution in [2.24, 2.45) is 0 Å². The average Bonchev–Trinajstić information content (AvgIpc) is 3.09. The Morgan fingerprint density at radius 1 is 1.04 bits per heavy atom. The fourth-order valence-corrected chi connectivity index (χ4v) is 4.02. The van der Waals surface area contributed by atoms with Crippen LogP contribution in [0.5, 0.6) is 0 Å². The van der Waals surface area contributed by atoms with Crippen LogP contribution in [0.4, 0.5) is 26.7 Å². The third kappa shape index (κ3) is 3.91. The molecule has 0 aliphatic carbocycles. The number of hydrogen-bond donors (Lipinski definition) is 2. The van der Waals surface area contributed by atoms with E-state index in [4.69, 9.17) is 5.73 Å². The lowest BCUT2D eigenvalue weighted by Crippen LogP contribution is -2.48. The third-order valence-corrected chi connectivity index (χ3v) is 5.61. The second kappa shape index (κ2) is 7.85. The summed E-state index contributed by atoms with van der Waals surface area (Å²) >= 11 is 1.26. The zero-order valence-corrected chi connectivity index (χ0v) is 16.0. The van der Waals surface area contributed by atoms with Crippen molar-refractivity contribution >= 4 is 39.6 Å². The molecule has 2 heterocycles. The fraction of sp³-hybridized carbons (Fsp3) is 0.200. The van der Waals surface area contributed by atoms with E-state index in [-0.39, 0.29) is 17.5 Å². The van der Waals surface area contributed by atoms with Crippen molar-refractivity contribution in [2.45, 2.75) is 0 Å². The Bertz CT molecular complexity index is 952. The predicted octanol–water partition coefficient (Wildman–Crippen LogP) is 3.57. The summed E-state index contributed by atoms with van der Waals surface area (Å²) in [4.78, 5) is 21.6. The minimum absolute atomic E-state index is 0.102. The minimum Gasteiger partial charge on any atom is -0.382 e. The number of amides is 1. The van der Waals surface area contributed by atoms with E-state index in [2.05, 4.69) is 15.2 Å². The molecule has 0 radical (unpaired) electrons. The fourth-order valence-electron chi connectivity index (χ4n) is 3.15. The highest BCUT2D eigenvalue weighted by Gasteiger charge is 2.26. The zero-order chi connectivity index (χ0) is 19.5. The second-order valence-corrected chi connectivity index (χ2v) is 7.48. The highest BCUT2D eigenvalue weighted by atomic mass is 32.1. The van der Waals surface area contributed by atoms with Crippen LogP contribution in [0.3, 0.4) is 0 Å². The number of hydrogen-bond acceptors (Lipinski definition) is 6. The molecule has 1 amide bonds. The molecular formula is C20H20FN5OS. The first kappa shape index (κ1) is 18.2. The zero-order valence-electron chi connectivity index (χ0n) is 15.1. The molecule has 6 nitrogen and oxygen atoms in total. The van der Waals surface area contributed by atoms with Crippen LogP contribution in [-0.2, 0) is 0 Å². The molecule has 1 fully saturated rings. The van der Waals surface area contributed by atoms with Gasteiger partial charge in [0.05, 0.1) is 0 Å². The summed E-state index contributed by atoms with van der Waals surface area (Å²) in [6, 6.07) is 16.0. The van der Waals surface area contributed by atoms with Gasteiger partial charge in [0.1, 0.15) is 16.5 Å². The normalized spacial score (nSPS) is 14.2. The summed E-state index contributed by atoms with van der Waals surface area (Å²) in [6.45, 7) is 2.53. The number of anilines is 4. The Balaban J connectivity index is 1.40. The molecule has 144 valence electrons. The smallest absolute Gasteiger partial charge is 0.267 e. The van der Waals surface area contributed by atoms with Crippen LogP contribution in [0, 0.1) is 5.82 Å². The first-order valence-electron chi connectivity index (χ1n) is 8.98. The molecule has 1 aromatic heterocycles. The number of rotatable bonds is 4. The van der Waals surface area contributed by atoms with Crippen LogP contribution in [0.2, 0.25) is 0 Å². The van der Waals surface area contributed by atoms with Crippen LogP contribution in [0.25, 0.3) is 0 Å². The summed E-state index contributed by atoms with van der Waals surface area (Å²) < 4.78 is 13.1. The number of halogens is 1. The Hall–Kier alpha value is -3.13. The highest BCUT2D eigenvalue weighted by molar-refractivity contribution is 7.18. The van der Waals surface area contributed by atoms with Gasteiger partial charge in [-0.2, -0.15) is 0 Å². The quantitative estimate of drug-likeness (QED) is 0.704. The van der Waals surface area contributed by atoms with Crippen molar-refractivity contribution in [3.63, 3.8) is 0 Å². The number of nitrogens with two attached hydrogens (primary N) is 1. The van der Waals surface area contributed by atoms with Crippen molar-refractivity contribution in [1.82, 2.24) is 9.88 Å². The summed E-state index contributed by atoms with van der Waals surface area (Å²) in [5, 5.41) is 3.77. The van der Waals surface area contributed by atoms with E-state index in [0.29, 0.717) is 36.2 Å². The minimum atomic E-state index is -0.252. The van der Waals surface area contributed by atoms with Gasteiger partial charge in [-0.15, -0.1) is 0 Å². The van der Waals surface area contributed by atoms with E-state index in [0.717, 1.165) is 11.4 Å². The number of carbonyl (C=O) groups is 1. The van der Waals surface area contributed by atoms with Crippen LogP contribution in [0.15, 0.2) is 54.6 Å². The molecule has 2 aromatic carbocycles. The molecule has 28 heavy (non-hydrogen) atoms. The van der Waals surface area contributed by atoms with Crippen LogP contribution in [-0.4, -0.2) is 42.0 Å². The molecule has 4 rings (SSSR count). The van der Waals surface area contributed by atoms with Gasteiger partial charge in [-0.1, -0.05) is 29.5 Å². The van der Waals surface area contributed by atoms with Crippen molar-refractivity contribution in [3.05, 3.63) is 65.3 Å². The van der Waals surface area contributed by atoms with Crippen LogP contribution >= 0.6 is 11.3 Å². The third-order valence-electron chi connectivity index (χ3n) is 4.63. The highest BCUT2D eigenvalue weighted by Crippen LogP contribution is 2.29. The van der Waals surface area contributed by atoms with Gasteiger partial charge in [-0.05, 0) is 36.4 Å². The number of carbonyl (C=O) groups excluding carboxylic acids is 1. The molecule has 0 atom stereocenters. The number of nitrogen functional groups attached to an aromatic ring is 1. The summed E-state index contributed by atoms with van der Waals surface area (Å²) in [7, 11) is 0. The number of benzene rings is 2. The van der Waals surface area contributed by atoms with Crippen molar-refractivity contribution in [1.29, 1.82) is 0 Å². The summed E-state index contributed by atoms with van der Waals surface area (Å²) in [6.07, 6.45) is 0. The molecule has 3 N–H and O–H groups in total. The predicted molar refractivity (Wildman–Crippen MR) is 111 cm³/mol. The van der Waals surface area contributed by atoms with E-state index in [9.17, 15) is 9.18 Å². The largest absolute Gasteiger partial charge is 0.382 e. The number of aromatic nitrogens is 1. The van der Waals surface area contributed by atoms with Gasteiger partial charge >= 0.3 is 0 Å². The molecular weight excluding hydrogens is 377 g/mol. The van der Waals surface area contributed by atoms with Gasteiger partial charge in [0.2, 0.25) is 0 Å². The molecule has 8 heteroatoms. The molecule has 0 saturated carbocycles. The van der Waals surface area contributed by atoms with Crippen molar-refractivity contribution in [2.75, 3.05) is 42.1 Å². The Morgan fingerprint density at radius 3 is 2.39 bits per heavy atom. The molecule has 3 aromatic rings. The number of thiazole rings is 1. The number of para-hydroxylation sites is 1. The number of nitrogens with one attached hydrogen (secondary N) is 1. The number of nitrogens with zero attached hydrogens (tertiary/aromatic N) is 3. The lowest BCUT2D eigenvalue weighted by molar-refractivity contribution is 0.0752. The first-order valence-corrected chi connectivity index (χ1v) is 9.80. The van der Waals surface area contributed by atoms with E-state index >= 15 is 0 Å². The maximum absolute atomic E-state index is 13.1. The van der Waals surface area contributed by atoms with E-state index < -0.39 is 0 Å². The lowest BCUT2D eigenvalue weighted by Gasteiger charge is -2.36. The van der Waals surface area contributed by atoms with E-state index in [1.54, 1.807) is 17.0 Å². The Labute approximate surface area is 166 Å². The molecule has 0 spiro atoms. The molecule has 0 unspecified atom stereocenters. The van der Waals surface area contributed by atoms with Gasteiger partial charge in [0.15, 0.2) is 5.13 Å². The Morgan fingerprint density at radius 2 is 1.71 bits per heavy atom. The van der Waals surface area contributed by atoms with Gasteiger partial charge in [-0.3, -0.25) is 4.79 Å². The molecule has 0 bridgehead atoms. The summed E-state index contributed by atoms with van der Waals surface area (Å²) in [5.41, 5.74) is 7.85. The monoisotopic (exact) mass is 397 g/mol. The van der Waals surface area contributed by atoms with Gasteiger partial charge in [0, 0.05) is 37.6 Å². The molecule has 1 aliphatic rings. The average molecular weight is 397 g/mol. The first-order chi connectivity index (χ1) is 13.6. The van der Waals surface area contributed by atoms with Crippen LogP contribution in [0.1, 0.15) is 9.67 Å². The van der Waals surface area contributed by atoms with Gasteiger partial charge in [-0.25, -0.2) is 9.37 Å². The number of piperazine rings is 1. The Kier molecular flexibility index (Phi) is 5.12. The van der Waals surface area contributed by atoms with Gasteiger partial charge < -0.3 is 20.9 Å². The maximum atomic E-state index is 13.1. The van der Waals surface area contributed by atoms with Crippen molar-refractivity contribution in [3.8, 4) is 0 Å². The second-order valence-electron chi connectivity index (χ2n) is 6.48.